The number of likely N-dealkylation sites (tertiary alicyclic amines) is 1. The zero-order valence-electron chi connectivity index (χ0n) is 13.1. The maximum Gasteiger partial charge on any atom is 0.317 e. The van der Waals surface area contributed by atoms with E-state index in [-0.39, 0.29) is 18.0 Å². The molecule has 0 bridgehead atoms. The van der Waals surface area contributed by atoms with Gasteiger partial charge in [-0.15, -0.1) is 0 Å². The minimum atomic E-state index is -0.749. The monoisotopic (exact) mass is 284 g/mol. The van der Waals surface area contributed by atoms with E-state index >= 15 is 0 Å². The number of rotatable bonds is 6. The number of carboxylic acids is 1. The van der Waals surface area contributed by atoms with Gasteiger partial charge in [-0.25, -0.2) is 4.79 Å². The van der Waals surface area contributed by atoms with Gasteiger partial charge in [-0.2, -0.15) is 0 Å². The molecule has 4 atom stereocenters. The number of aliphatic carboxylic acids is 1. The number of carboxylic acid groups (broad SMARTS) is 1. The average Bonchev–Trinajstić information content (AvgIpc) is 2.68. The molecule has 1 rings (SSSR count). The van der Waals surface area contributed by atoms with E-state index in [4.69, 9.17) is 5.11 Å². The lowest BCUT2D eigenvalue weighted by molar-refractivity contribution is -0.141. The highest BCUT2D eigenvalue weighted by Crippen LogP contribution is 2.22. The van der Waals surface area contributed by atoms with Crippen LogP contribution in [0.1, 0.15) is 53.4 Å². The second-order valence-electron chi connectivity index (χ2n) is 6.36. The number of hydrogen-bond donors (Lipinski definition) is 2. The Kier molecular flexibility index (Phi) is 6.30. The van der Waals surface area contributed by atoms with E-state index in [0.717, 1.165) is 25.8 Å². The van der Waals surface area contributed by atoms with Crippen LogP contribution in [0.25, 0.3) is 0 Å². The summed E-state index contributed by atoms with van der Waals surface area (Å²) in [5, 5.41) is 11.8. The number of amides is 2. The predicted molar refractivity (Wildman–Crippen MR) is 78.6 cm³/mol. The molecule has 1 fully saturated rings. The molecule has 0 radical (unpaired) electrons. The van der Waals surface area contributed by atoms with E-state index in [1.54, 1.807) is 6.92 Å². The predicted octanol–water partition coefficient (Wildman–Crippen LogP) is 2.71. The van der Waals surface area contributed by atoms with Gasteiger partial charge in [0.2, 0.25) is 0 Å². The highest BCUT2D eigenvalue weighted by molar-refractivity contribution is 5.75. The Labute approximate surface area is 121 Å². The minimum Gasteiger partial charge on any atom is -0.481 e. The fraction of sp³-hybridized carbons (Fsp3) is 0.867. The molecule has 0 spiro atoms. The summed E-state index contributed by atoms with van der Waals surface area (Å²) < 4.78 is 0. The molecule has 4 unspecified atom stereocenters. The van der Waals surface area contributed by atoms with Gasteiger partial charge in [0.15, 0.2) is 0 Å². The van der Waals surface area contributed by atoms with Gasteiger partial charge in [-0.1, -0.05) is 20.3 Å². The maximum absolute atomic E-state index is 12.1. The van der Waals surface area contributed by atoms with Crippen LogP contribution in [-0.2, 0) is 4.79 Å². The summed E-state index contributed by atoms with van der Waals surface area (Å²) in [4.78, 5) is 24.8. The Morgan fingerprint density at radius 2 is 1.95 bits per heavy atom. The Balaban J connectivity index is 2.26. The molecular weight excluding hydrogens is 256 g/mol. The molecule has 5 nitrogen and oxygen atoms in total. The fourth-order valence-corrected chi connectivity index (χ4v) is 2.80. The van der Waals surface area contributed by atoms with E-state index in [9.17, 15) is 9.59 Å². The standard InChI is InChI=1S/C15H28N2O3/c1-10-8-13(4)17(9-10)15(20)16-12(3)7-5-6-11(2)14(18)19/h10-13H,5-9H2,1-4H3,(H,16,20)(H,18,19). The summed E-state index contributed by atoms with van der Waals surface area (Å²) in [6, 6.07) is 0.413. The van der Waals surface area contributed by atoms with Gasteiger partial charge in [0.25, 0.3) is 0 Å². The van der Waals surface area contributed by atoms with Gasteiger partial charge < -0.3 is 15.3 Å². The molecule has 20 heavy (non-hydrogen) atoms. The Morgan fingerprint density at radius 1 is 1.30 bits per heavy atom. The first-order valence-electron chi connectivity index (χ1n) is 7.61. The summed E-state index contributed by atoms with van der Waals surface area (Å²) in [5.74, 6) is -0.485. The van der Waals surface area contributed by atoms with E-state index < -0.39 is 5.97 Å². The van der Waals surface area contributed by atoms with Gasteiger partial charge in [0.05, 0.1) is 5.92 Å². The first-order chi connectivity index (χ1) is 9.31. The lowest BCUT2D eigenvalue weighted by Gasteiger charge is -2.24. The third kappa shape index (κ3) is 5.02. The number of carbonyl (C=O) groups excluding carboxylic acids is 1. The van der Waals surface area contributed by atoms with Crippen LogP contribution in [0.2, 0.25) is 0 Å². The molecule has 1 aliphatic heterocycles. The van der Waals surface area contributed by atoms with E-state index in [1.165, 1.54) is 0 Å². The number of urea groups is 1. The smallest absolute Gasteiger partial charge is 0.317 e. The molecule has 1 aliphatic rings. The third-order valence-electron chi connectivity index (χ3n) is 4.11. The second kappa shape index (κ2) is 7.50. The summed E-state index contributed by atoms with van der Waals surface area (Å²) in [6.07, 6.45) is 3.37. The van der Waals surface area contributed by atoms with E-state index in [1.807, 2.05) is 11.8 Å². The number of nitrogens with zero attached hydrogens (tertiary/aromatic N) is 1. The van der Waals surface area contributed by atoms with Crippen LogP contribution in [0.5, 0.6) is 0 Å². The number of hydrogen-bond acceptors (Lipinski definition) is 2. The summed E-state index contributed by atoms with van der Waals surface area (Å²) in [5.41, 5.74) is 0. The second-order valence-corrected chi connectivity index (χ2v) is 6.36. The molecule has 0 aromatic rings. The first kappa shape index (κ1) is 16.8. The number of carbonyl (C=O) groups is 2. The molecule has 0 aromatic heterocycles. The van der Waals surface area contributed by atoms with Crippen LogP contribution in [0, 0.1) is 11.8 Å². The van der Waals surface area contributed by atoms with Crippen molar-refractivity contribution in [3.05, 3.63) is 0 Å². The van der Waals surface area contributed by atoms with Crippen molar-refractivity contribution >= 4 is 12.0 Å². The maximum atomic E-state index is 12.1. The largest absolute Gasteiger partial charge is 0.481 e. The SMILES string of the molecule is CC1CC(C)N(C(=O)NC(C)CCCC(C)C(=O)O)C1. The number of nitrogens with one attached hydrogen (secondary N) is 1. The molecule has 0 aliphatic carbocycles. The van der Waals surface area contributed by atoms with E-state index in [2.05, 4.69) is 19.2 Å². The molecule has 1 saturated heterocycles. The summed E-state index contributed by atoms with van der Waals surface area (Å²) >= 11 is 0. The highest BCUT2D eigenvalue weighted by Gasteiger charge is 2.30. The fourth-order valence-electron chi connectivity index (χ4n) is 2.80. The molecule has 2 N–H and O–H groups in total. The highest BCUT2D eigenvalue weighted by atomic mass is 16.4. The van der Waals surface area contributed by atoms with Gasteiger partial charge >= 0.3 is 12.0 Å². The zero-order chi connectivity index (χ0) is 15.3. The van der Waals surface area contributed by atoms with Crippen molar-refractivity contribution in [2.75, 3.05) is 6.54 Å². The van der Waals surface area contributed by atoms with Crippen LogP contribution >= 0.6 is 0 Å². The molecule has 0 aromatic carbocycles. The van der Waals surface area contributed by atoms with Crippen molar-refractivity contribution in [3.63, 3.8) is 0 Å². The van der Waals surface area contributed by atoms with Crippen LogP contribution in [0.3, 0.4) is 0 Å². The Hall–Kier alpha value is -1.26. The third-order valence-corrected chi connectivity index (χ3v) is 4.11. The van der Waals surface area contributed by atoms with Crippen molar-refractivity contribution in [2.24, 2.45) is 11.8 Å². The molecule has 1 heterocycles. The summed E-state index contributed by atoms with van der Waals surface area (Å²) in [7, 11) is 0. The minimum absolute atomic E-state index is 0.0145. The zero-order valence-corrected chi connectivity index (χ0v) is 13.1. The van der Waals surface area contributed by atoms with Crippen molar-refractivity contribution in [1.29, 1.82) is 0 Å². The van der Waals surface area contributed by atoms with Crippen LogP contribution in [0.4, 0.5) is 4.79 Å². The lowest BCUT2D eigenvalue weighted by Crippen LogP contribution is -2.45. The van der Waals surface area contributed by atoms with Crippen LogP contribution in [-0.4, -0.2) is 40.6 Å². The van der Waals surface area contributed by atoms with Gasteiger partial charge in [0.1, 0.15) is 0 Å². The molecule has 5 heteroatoms. The van der Waals surface area contributed by atoms with Crippen LogP contribution < -0.4 is 5.32 Å². The molecule has 2 amide bonds. The van der Waals surface area contributed by atoms with Gasteiger partial charge in [-0.3, -0.25) is 4.79 Å². The van der Waals surface area contributed by atoms with Crippen molar-refractivity contribution in [2.45, 2.75) is 65.5 Å². The van der Waals surface area contributed by atoms with Crippen molar-refractivity contribution < 1.29 is 14.7 Å². The topological polar surface area (TPSA) is 69.6 Å². The normalized spacial score (nSPS) is 25.3. The molecule has 116 valence electrons. The lowest BCUT2D eigenvalue weighted by atomic mass is 10.0. The Bertz CT molecular complexity index is 346. The van der Waals surface area contributed by atoms with E-state index in [0.29, 0.717) is 18.4 Å². The first-order valence-corrected chi connectivity index (χ1v) is 7.61. The van der Waals surface area contributed by atoms with Crippen molar-refractivity contribution in [3.8, 4) is 0 Å². The summed E-state index contributed by atoms with van der Waals surface area (Å²) in [6.45, 7) is 8.78. The van der Waals surface area contributed by atoms with Gasteiger partial charge in [-0.05, 0) is 39.0 Å². The molecule has 0 saturated carbocycles. The molecular formula is C15H28N2O3. The Morgan fingerprint density at radius 3 is 2.45 bits per heavy atom. The van der Waals surface area contributed by atoms with Crippen molar-refractivity contribution in [1.82, 2.24) is 10.2 Å². The van der Waals surface area contributed by atoms with Crippen LogP contribution in [0.15, 0.2) is 0 Å². The van der Waals surface area contributed by atoms with Gasteiger partial charge in [0, 0.05) is 18.6 Å². The quantitative estimate of drug-likeness (QED) is 0.788. The average molecular weight is 284 g/mol.